The van der Waals surface area contributed by atoms with Gasteiger partial charge in [-0.2, -0.15) is 0 Å². The van der Waals surface area contributed by atoms with Crippen molar-refractivity contribution in [3.8, 4) is 5.75 Å². The molecule has 0 aliphatic rings. The molecule has 0 spiro atoms. The lowest BCUT2D eigenvalue weighted by Gasteiger charge is -2.05. The summed E-state index contributed by atoms with van der Waals surface area (Å²) in [7, 11) is 0. The lowest BCUT2D eigenvalue weighted by molar-refractivity contribution is 0.309. The van der Waals surface area contributed by atoms with E-state index in [2.05, 4.69) is 11.9 Å². The quantitative estimate of drug-likeness (QED) is 0.423. The molecule has 4 nitrogen and oxygen atoms in total. The summed E-state index contributed by atoms with van der Waals surface area (Å²) < 4.78 is 5.44. The minimum atomic E-state index is -0.0362. The summed E-state index contributed by atoms with van der Waals surface area (Å²) >= 11 is 0. The maximum Gasteiger partial charge on any atom is 0.141 e. The van der Waals surface area contributed by atoms with E-state index < -0.39 is 0 Å². The summed E-state index contributed by atoms with van der Waals surface area (Å²) in [4.78, 5) is 3.94. The number of aromatic nitrogens is 1. The Labute approximate surface area is 83.6 Å². The Balaban J connectivity index is 2.59. The Bertz CT molecular complexity index is 312. The molecule has 76 valence electrons. The lowest BCUT2D eigenvalue weighted by Crippen LogP contribution is -2.13. The molecular weight excluding hydrogens is 178 g/mol. The second-order valence-corrected chi connectivity index (χ2v) is 2.99. The molecule has 1 heterocycles. The summed E-state index contributed by atoms with van der Waals surface area (Å²) in [6.07, 6.45) is 3.72. The molecule has 0 saturated heterocycles. The van der Waals surface area contributed by atoms with Gasteiger partial charge in [0, 0.05) is 12.3 Å². The molecule has 0 atom stereocenters. The highest BCUT2D eigenvalue weighted by Crippen LogP contribution is 2.10. The summed E-state index contributed by atoms with van der Waals surface area (Å²) in [5.74, 6) is 0.685. The first kappa shape index (κ1) is 10.5. The minimum Gasteiger partial charge on any atom is -0.493 e. The second-order valence-electron chi connectivity index (χ2n) is 2.99. The van der Waals surface area contributed by atoms with Crippen LogP contribution in [0.5, 0.6) is 5.75 Å². The average molecular weight is 193 g/mol. The molecule has 0 saturated carbocycles. The predicted molar refractivity (Wildman–Crippen MR) is 55.7 cm³/mol. The van der Waals surface area contributed by atoms with Gasteiger partial charge in [-0.25, -0.2) is 0 Å². The van der Waals surface area contributed by atoms with Gasteiger partial charge in [0.15, 0.2) is 0 Å². The molecule has 1 aromatic heterocycles. The summed E-state index contributed by atoms with van der Waals surface area (Å²) in [6, 6.07) is 3.44. The van der Waals surface area contributed by atoms with E-state index in [9.17, 15) is 0 Å². The first-order valence-corrected chi connectivity index (χ1v) is 4.67. The summed E-state index contributed by atoms with van der Waals surface area (Å²) in [5, 5.41) is 7.20. The largest absolute Gasteiger partial charge is 0.493 e. The number of unbranched alkanes of at least 4 members (excludes halogenated alkanes) is 1. The van der Waals surface area contributed by atoms with Crippen LogP contribution in [0.15, 0.2) is 18.3 Å². The van der Waals surface area contributed by atoms with Gasteiger partial charge in [0.2, 0.25) is 0 Å². The predicted octanol–water partition coefficient (Wildman–Crippen LogP) is 1.54. The Morgan fingerprint density at radius 3 is 3.07 bits per heavy atom. The van der Waals surface area contributed by atoms with Crippen LogP contribution in [0.25, 0.3) is 0 Å². The monoisotopic (exact) mass is 193 g/mol. The zero-order chi connectivity index (χ0) is 10.4. The third-order valence-electron chi connectivity index (χ3n) is 1.77. The number of nitrogens with one attached hydrogen (secondary N) is 1. The fraction of sp³-hybridized carbons (Fsp3) is 0.400. The van der Waals surface area contributed by atoms with E-state index in [4.69, 9.17) is 15.9 Å². The van der Waals surface area contributed by atoms with Gasteiger partial charge >= 0.3 is 0 Å². The second kappa shape index (κ2) is 5.21. The van der Waals surface area contributed by atoms with E-state index in [0.717, 1.165) is 18.6 Å². The van der Waals surface area contributed by atoms with E-state index in [1.807, 2.05) is 0 Å². The average Bonchev–Trinajstić information content (AvgIpc) is 2.19. The van der Waals surface area contributed by atoms with E-state index in [-0.39, 0.29) is 5.84 Å². The number of nitrogen functional groups attached to an aromatic ring is 1. The smallest absolute Gasteiger partial charge is 0.141 e. The van der Waals surface area contributed by atoms with Crippen molar-refractivity contribution in [2.24, 2.45) is 5.73 Å². The lowest BCUT2D eigenvalue weighted by atomic mass is 10.3. The van der Waals surface area contributed by atoms with Crippen molar-refractivity contribution < 1.29 is 4.74 Å². The standard InChI is InChI=1S/C10H15N3O/c1-2-3-6-14-8-4-5-13-9(7-8)10(11)12/h4-5,7H,2-3,6H2,1H3,(H3,11,12). The summed E-state index contributed by atoms with van der Waals surface area (Å²) in [5.41, 5.74) is 5.76. The number of nitrogens with zero attached hydrogens (tertiary/aromatic N) is 1. The first-order valence-electron chi connectivity index (χ1n) is 4.67. The molecule has 1 aromatic rings. The van der Waals surface area contributed by atoms with Gasteiger partial charge in [0.1, 0.15) is 17.3 Å². The van der Waals surface area contributed by atoms with Crippen LogP contribution in [-0.4, -0.2) is 17.4 Å². The van der Waals surface area contributed by atoms with Crippen LogP contribution in [0.3, 0.4) is 0 Å². The zero-order valence-electron chi connectivity index (χ0n) is 8.29. The van der Waals surface area contributed by atoms with E-state index in [0.29, 0.717) is 12.3 Å². The highest BCUT2D eigenvalue weighted by Gasteiger charge is 2.00. The molecular formula is C10H15N3O. The molecule has 4 heteroatoms. The van der Waals surface area contributed by atoms with Crippen LogP contribution in [0.1, 0.15) is 25.5 Å². The number of ether oxygens (including phenoxy) is 1. The van der Waals surface area contributed by atoms with Crippen molar-refractivity contribution in [1.82, 2.24) is 4.98 Å². The van der Waals surface area contributed by atoms with Crippen molar-refractivity contribution >= 4 is 5.84 Å². The van der Waals surface area contributed by atoms with Crippen LogP contribution in [-0.2, 0) is 0 Å². The fourth-order valence-corrected chi connectivity index (χ4v) is 0.983. The SMILES string of the molecule is CCCCOc1ccnc(C(=N)N)c1. The van der Waals surface area contributed by atoms with Gasteiger partial charge in [0.25, 0.3) is 0 Å². The topological polar surface area (TPSA) is 72.0 Å². The Morgan fingerprint density at radius 2 is 2.43 bits per heavy atom. The normalized spacial score (nSPS) is 9.79. The maximum absolute atomic E-state index is 7.20. The fourth-order valence-electron chi connectivity index (χ4n) is 0.983. The van der Waals surface area contributed by atoms with Gasteiger partial charge in [-0.05, 0) is 12.5 Å². The molecule has 0 aromatic carbocycles. The third kappa shape index (κ3) is 3.05. The van der Waals surface area contributed by atoms with E-state index in [1.165, 1.54) is 0 Å². The van der Waals surface area contributed by atoms with E-state index in [1.54, 1.807) is 18.3 Å². The van der Waals surface area contributed by atoms with Crippen LogP contribution in [0.4, 0.5) is 0 Å². The van der Waals surface area contributed by atoms with Crippen molar-refractivity contribution in [3.05, 3.63) is 24.0 Å². The Hall–Kier alpha value is -1.58. The highest BCUT2D eigenvalue weighted by atomic mass is 16.5. The molecule has 14 heavy (non-hydrogen) atoms. The first-order chi connectivity index (χ1) is 6.74. The van der Waals surface area contributed by atoms with Crippen LogP contribution < -0.4 is 10.5 Å². The van der Waals surface area contributed by atoms with Gasteiger partial charge in [-0.1, -0.05) is 13.3 Å². The number of hydrogen-bond donors (Lipinski definition) is 2. The van der Waals surface area contributed by atoms with Crippen molar-refractivity contribution in [2.75, 3.05) is 6.61 Å². The van der Waals surface area contributed by atoms with E-state index >= 15 is 0 Å². The van der Waals surface area contributed by atoms with Crippen molar-refractivity contribution in [1.29, 1.82) is 5.41 Å². The number of amidine groups is 1. The number of nitrogens with two attached hydrogens (primary N) is 1. The molecule has 3 N–H and O–H groups in total. The molecule has 1 rings (SSSR count). The number of rotatable bonds is 5. The minimum absolute atomic E-state index is 0.0362. The molecule has 0 aliphatic carbocycles. The van der Waals surface area contributed by atoms with Gasteiger partial charge in [0.05, 0.1) is 6.61 Å². The van der Waals surface area contributed by atoms with Crippen LogP contribution in [0, 0.1) is 5.41 Å². The molecule has 0 fully saturated rings. The van der Waals surface area contributed by atoms with Crippen molar-refractivity contribution in [2.45, 2.75) is 19.8 Å². The zero-order valence-corrected chi connectivity index (χ0v) is 8.29. The molecule has 0 radical (unpaired) electrons. The Kier molecular flexibility index (Phi) is 3.91. The molecule has 0 aliphatic heterocycles. The Morgan fingerprint density at radius 1 is 1.64 bits per heavy atom. The van der Waals surface area contributed by atoms with Gasteiger partial charge < -0.3 is 10.5 Å². The number of hydrogen-bond acceptors (Lipinski definition) is 3. The molecule has 0 unspecified atom stereocenters. The van der Waals surface area contributed by atoms with Crippen molar-refractivity contribution in [3.63, 3.8) is 0 Å². The van der Waals surface area contributed by atoms with Crippen LogP contribution >= 0.6 is 0 Å². The van der Waals surface area contributed by atoms with Gasteiger partial charge in [-0.15, -0.1) is 0 Å². The number of pyridine rings is 1. The third-order valence-corrected chi connectivity index (χ3v) is 1.77. The maximum atomic E-state index is 7.20. The highest BCUT2D eigenvalue weighted by molar-refractivity contribution is 5.93. The molecule has 0 bridgehead atoms. The van der Waals surface area contributed by atoms with Crippen LogP contribution in [0.2, 0.25) is 0 Å². The van der Waals surface area contributed by atoms with Gasteiger partial charge in [-0.3, -0.25) is 10.4 Å². The molecule has 0 amide bonds. The summed E-state index contributed by atoms with van der Waals surface area (Å²) in [6.45, 7) is 2.80.